The zero-order valence-electron chi connectivity index (χ0n) is 16.6. The van der Waals surface area contributed by atoms with Crippen LogP contribution >= 0.6 is 0 Å². The minimum atomic E-state index is -0.186. The molecule has 1 saturated carbocycles. The van der Waals surface area contributed by atoms with E-state index in [1.165, 1.54) is 12.8 Å². The Kier molecular flexibility index (Phi) is 4.30. The lowest BCUT2D eigenvalue weighted by Gasteiger charge is -2.43. The summed E-state index contributed by atoms with van der Waals surface area (Å²) in [4.78, 5) is 30.9. The van der Waals surface area contributed by atoms with Crippen molar-refractivity contribution in [2.45, 2.75) is 51.1 Å². The van der Waals surface area contributed by atoms with Crippen LogP contribution in [0.4, 0.5) is 11.5 Å². The summed E-state index contributed by atoms with van der Waals surface area (Å²) >= 11 is 0. The molecule has 3 aromatic heterocycles. The van der Waals surface area contributed by atoms with Crippen molar-refractivity contribution >= 4 is 17.4 Å². The molecule has 0 saturated heterocycles. The van der Waals surface area contributed by atoms with Crippen molar-refractivity contribution < 1.29 is 4.79 Å². The summed E-state index contributed by atoms with van der Waals surface area (Å²) < 4.78 is 1.86. The molecular formula is C20H24N8O. The van der Waals surface area contributed by atoms with Crippen LogP contribution in [0.5, 0.6) is 0 Å². The van der Waals surface area contributed by atoms with Crippen LogP contribution in [0.3, 0.4) is 0 Å². The number of likely N-dealkylation sites (N-methyl/N-ethyl adjacent to an activating group) is 1. The number of hydrogen-bond donors (Lipinski definition) is 1. The Labute approximate surface area is 168 Å². The summed E-state index contributed by atoms with van der Waals surface area (Å²) in [5.74, 6) is 2.21. The molecule has 1 atom stereocenters. The first kappa shape index (κ1) is 17.8. The third kappa shape index (κ3) is 2.80. The van der Waals surface area contributed by atoms with Crippen LogP contribution in [-0.2, 0) is 4.79 Å². The molecule has 2 aliphatic rings. The lowest BCUT2D eigenvalue weighted by molar-refractivity contribution is -0.120. The van der Waals surface area contributed by atoms with Gasteiger partial charge in [-0.25, -0.2) is 9.97 Å². The molecular weight excluding hydrogens is 368 g/mol. The van der Waals surface area contributed by atoms with Crippen molar-refractivity contribution in [2.24, 2.45) is 0 Å². The highest BCUT2D eigenvalue weighted by molar-refractivity contribution is 6.04. The number of aromatic nitrogens is 6. The Morgan fingerprint density at radius 1 is 1.21 bits per heavy atom. The highest BCUT2D eigenvalue weighted by atomic mass is 16.2. The fourth-order valence-corrected chi connectivity index (χ4v) is 4.54. The number of anilines is 2. The van der Waals surface area contributed by atoms with Gasteiger partial charge in [0.1, 0.15) is 17.6 Å². The normalized spacial score (nSPS) is 19.8. The van der Waals surface area contributed by atoms with Gasteiger partial charge in [0.15, 0.2) is 5.82 Å². The third-order valence-electron chi connectivity index (χ3n) is 6.01. The maximum Gasteiger partial charge on any atom is 0.249 e. The molecule has 1 aliphatic heterocycles. The lowest BCUT2D eigenvalue weighted by atomic mass is 10.0. The monoisotopic (exact) mass is 392 g/mol. The number of hydrogen-bond acceptors (Lipinski definition) is 6. The van der Waals surface area contributed by atoms with Gasteiger partial charge >= 0.3 is 0 Å². The number of rotatable bonds is 4. The fourth-order valence-electron chi connectivity index (χ4n) is 4.54. The molecule has 9 heteroatoms. The molecule has 0 radical (unpaired) electrons. The van der Waals surface area contributed by atoms with E-state index in [4.69, 9.17) is 4.98 Å². The highest BCUT2D eigenvalue weighted by Crippen LogP contribution is 2.39. The molecule has 5 rings (SSSR count). The summed E-state index contributed by atoms with van der Waals surface area (Å²) in [6.07, 6.45) is 14.2. The van der Waals surface area contributed by atoms with E-state index >= 15 is 0 Å². The standard InChI is InChI=1S/C20H24N8O/c1-3-15-19(29)26(2)16-12-22-20(25-18(16)28(15)14-6-4-5-7-14)27-9-8-21-17(27)13-10-23-24-11-13/h8-12,14-15H,3-7H2,1-2H3,(H,23,24)/t15-/m1/s1. The molecule has 3 aromatic rings. The number of nitrogens with zero attached hydrogens (tertiary/aromatic N) is 7. The lowest BCUT2D eigenvalue weighted by Crippen LogP contribution is -2.55. The fraction of sp³-hybridized carbons (Fsp3) is 0.450. The van der Waals surface area contributed by atoms with Gasteiger partial charge in [0, 0.05) is 31.7 Å². The van der Waals surface area contributed by atoms with Crippen molar-refractivity contribution in [2.75, 3.05) is 16.8 Å². The van der Waals surface area contributed by atoms with Crippen molar-refractivity contribution in [3.8, 4) is 17.3 Å². The van der Waals surface area contributed by atoms with Crippen molar-refractivity contribution in [1.82, 2.24) is 29.7 Å². The van der Waals surface area contributed by atoms with Crippen LogP contribution in [0.2, 0.25) is 0 Å². The van der Waals surface area contributed by atoms with Gasteiger partial charge in [-0.1, -0.05) is 19.8 Å². The van der Waals surface area contributed by atoms with Crippen LogP contribution in [-0.4, -0.2) is 54.8 Å². The number of fused-ring (bicyclic) bond motifs is 1. The summed E-state index contributed by atoms with van der Waals surface area (Å²) in [5.41, 5.74) is 1.63. The van der Waals surface area contributed by atoms with Gasteiger partial charge in [-0.2, -0.15) is 10.1 Å². The third-order valence-corrected chi connectivity index (χ3v) is 6.01. The number of carbonyl (C=O) groups is 1. The number of nitrogens with one attached hydrogen (secondary N) is 1. The zero-order valence-corrected chi connectivity index (χ0v) is 16.6. The van der Waals surface area contributed by atoms with Crippen LogP contribution < -0.4 is 9.80 Å². The van der Waals surface area contributed by atoms with E-state index in [-0.39, 0.29) is 11.9 Å². The molecule has 1 aliphatic carbocycles. The molecule has 0 spiro atoms. The van der Waals surface area contributed by atoms with E-state index < -0.39 is 0 Å². The average molecular weight is 392 g/mol. The predicted octanol–water partition coefficient (Wildman–Crippen LogP) is 2.56. The van der Waals surface area contributed by atoms with Gasteiger partial charge in [-0.15, -0.1) is 0 Å². The second-order valence-electron chi connectivity index (χ2n) is 7.65. The topological polar surface area (TPSA) is 95.8 Å². The van der Waals surface area contributed by atoms with E-state index in [0.29, 0.717) is 12.0 Å². The molecule has 1 fully saturated rings. The second kappa shape index (κ2) is 6.98. The zero-order chi connectivity index (χ0) is 20.0. The number of H-pyrrole nitrogens is 1. The van der Waals surface area contributed by atoms with Gasteiger partial charge in [-0.05, 0) is 19.3 Å². The quantitative estimate of drug-likeness (QED) is 0.733. The SMILES string of the molecule is CC[C@@H]1C(=O)N(C)c2cnc(-n3ccnc3-c3cn[nH]c3)nc2N1C1CCCC1. The Balaban J connectivity index is 1.64. The number of amides is 1. The predicted molar refractivity (Wildman–Crippen MR) is 109 cm³/mol. The first-order valence-electron chi connectivity index (χ1n) is 10.1. The Hall–Kier alpha value is -3.23. The van der Waals surface area contributed by atoms with Crippen molar-refractivity contribution in [3.05, 3.63) is 31.0 Å². The molecule has 29 heavy (non-hydrogen) atoms. The molecule has 1 amide bonds. The van der Waals surface area contributed by atoms with Gasteiger partial charge in [-0.3, -0.25) is 14.5 Å². The van der Waals surface area contributed by atoms with Gasteiger partial charge in [0.2, 0.25) is 11.9 Å². The van der Waals surface area contributed by atoms with Gasteiger partial charge in [0.25, 0.3) is 0 Å². The van der Waals surface area contributed by atoms with Crippen molar-refractivity contribution in [1.29, 1.82) is 0 Å². The Morgan fingerprint density at radius 3 is 2.76 bits per heavy atom. The molecule has 0 bridgehead atoms. The minimum absolute atomic E-state index is 0.116. The molecule has 150 valence electrons. The summed E-state index contributed by atoms with van der Waals surface area (Å²) in [5, 5.41) is 6.83. The number of carbonyl (C=O) groups excluding carboxylic acids is 1. The maximum atomic E-state index is 13.0. The number of aromatic amines is 1. The molecule has 1 N–H and O–H groups in total. The molecule has 0 unspecified atom stereocenters. The van der Waals surface area contributed by atoms with E-state index in [2.05, 4.69) is 32.0 Å². The molecule has 0 aromatic carbocycles. The first-order chi connectivity index (χ1) is 14.2. The minimum Gasteiger partial charge on any atom is -0.340 e. The average Bonchev–Trinajstić information content (AvgIpc) is 3.51. The summed E-state index contributed by atoms with van der Waals surface area (Å²) in [6.45, 7) is 2.07. The van der Waals surface area contributed by atoms with E-state index in [9.17, 15) is 4.79 Å². The maximum absolute atomic E-state index is 13.0. The molecule has 9 nitrogen and oxygen atoms in total. The van der Waals surface area contributed by atoms with E-state index in [1.54, 1.807) is 29.7 Å². The smallest absolute Gasteiger partial charge is 0.249 e. The number of imidazole rings is 1. The van der Waals surface area contributed by atoms with Crippen LogP contribution in [0.25, 0.3) is 17.3 Å². The van der Waals surface area contributed by atoms with Gasteiger partial charge in [0.05, 0.1) is 18.0 Å². The van der Waals surface area contributed by atoms with Crippen molar-refractivity contribution in [3.63, 3.8) is 0 Å². The van der Waals surface area contributed by atoms with Gasteiger partial charge < -0.3 is 9.80 Å². The second-order valence-corrected chi connectivity index (χ2v) is 7.65. The largest absolute Gasteiger partial charge is 0.340 e. The van der Waals surface area contributed by atoms with Crippen LogP contribution in [0.1, 0.15) is 39.0 Å². The summed E-state index contributed by atoms with van der Waals surface area (Å²) in [6, 6.07) is 0.157. The van der Waals surface area contributed by atoms with E-state index in [0.717, 1.165) is 42.2 Å². The van der Waals surface area contributed by atoms with Crippen LogP contribution in [0, 0.1) is 0 Å². The Bertz CT molecular complexity index is 1020. The van der Waals surface area contributed by atoms with E-state index in [1.807, 2.05) is 17.8 Å². The van der Waals surface area contributed by atoms with Crippen LogP contribution in [0.15, 0.2) is 31.0 Å². The summed E-state index contributed by atoms with van der Waals surface area (Å²) in [7, 11) is 1.81. The Morgan fingerprint density at radius 2 is 2.03 bits per heavy atom. The highest BCUT2D eigenvalue weighted by Gasteiger charge is 2.41. The first-order valence-corrected chi connectivity index (χ1v) is 10.1. The molecule has 4 heterocycles.